The highest BCUT2D eigenvalue weighted by Crippen LogP contribution is 2.32. The Kier molecular flexibility index (Phi) is 8.54. The Bertz CT molecular complexity index is 1150. The molecule has 2 aliphatic rings. The lowest BCUT2D eigenvalue weighted by Gasteiger charge is -2.23. The molecule has 4 rings (SSSR count). The molecule has 1 saturated heterocycles. The SMILES string of the molecule is CCCN(CCCO)C(=O)C1=Cc2ccc(-c3ccc(C(=O)N4CCCC4)cc3)cc2N=C(NC)C1. The number of carbonyl (C=O) groups is 2. The number of aliphatic hydroxyl groups is 1. The van der Waals surface area contributed by atoms with Gasteiger partial charge in [-0.05, 0) is 61.1 Å². The van der Waals surface area contributed by atoms with E-state index in [9.17, 15) is 14.7 Å². The molecule has 0 saturated carbocycles. The number of hydrogen-bond acceptors (Lipinski definition) is 5. The fraction of sp³-hybridized carbons (Fsp3) is 0.414. The summed E-state index contributed by atoms with van der Waals surface area (Å²) in [5.74, 6) is 0.821. The van der Waals surface area contributed by atoms with Crippen molar-refractivity contribution in [3.8, 4) is 11.1 Å². The Labute approximate surface area is 213 Å². The van der Waals surface area contributed by atoms with Crippen molar-refractivity contribution in [2.45, 2.75) is 39.0 Å². The standard InChI is InChI=1S/C29H36N4O3/c1-3-13-32(16-6-17-34)29(36)25-18-24-12-11-23(19-26(24)31-27(20-25)30-2)21-7-9-22(10-8-21)28(35)33-14-4-5-15-33/h7-12,18-19,34H,3-6,13-17,20H2,1-2H3,(H,30,31). The highest BCUT2D eigenvalue weighted by molar-refractivity contribution is 6.06. The number of nitrogens with zero attached hydrogens (tertiary/aromatic N) is 3. The predicted octanol–water partition coefficient (Wildman–Crippen LogP) is 4.25. The van der Waals surface area contributed by atoms with Crippen molar-refractivity contribution in [1.29, 1.82) is 0 Å². The second kappa shape index (κ2) is 12.0. The monoisotopic (exact) mass is 488 g/mol. The molecule has 0 spiro atoms. The van der Waals surface area contributed by atoms with E-state index in [1.165, 1.54) is 0 Å². The van der Waals surface area contributed by atoms with E-state index >= 15 is 0 Å². The van der Waals surface area contributed by atoms with E-state index in [2.05, 4.69) is 5.32 Å². The molecular weight excluding hydrogens is 452 g/mol. The molecule has 0 bridgehead atoms. The summed E-state index contributed by atoms with van der Waals surface area (Å²) in [5.41, 5.74) is 5.12. The fourth-order valence-electron chi connectivity index (χ4n) is 4.79. The van der Waals surface area contributed by atoms with Crippen LogP contribution >= 0.6 is 0 Å². The van der Waals surface area contributed by atoms with Crippen LogP contribution in [0.3, 0.4) is 0 Å². The van der Waals surface area contributed by atoms with Gasteiger partial charge in [-0.2, -0.15) is 0 Å². The van der Waals surface area contributed by atoms with E-state index in [0.29, 0.717) is 31.5 Å². The number of aliphatic imine (C=N–C) groups is 1. The highest BCUT2D eigenvalue weighted by atomic mass is 16.3. The normalized spacial score (nSPS) is 15.0. The first-order chi connectivity index (χ1) is 17.5. The van der Waals surface area contributed by atoms with Gasteiger partial charge in [0.15, 0.2) is 0 Å². The van der Waals surface area contributed by atoms with Crippen molar-refractivity contribution < 1.29 is 14.7 Å². The third kappa shape index (κ3) is 5.85. The molecule has 0 atom stereocenters. The summed E-state index contributed by atoms with van der Waals surface area (Å²) in [5, 5.41) is 12.4. The number of rotatable bonds is 8. The summed E-state index contributed by atoms with van der Waals surface area (Å²) >= 11 is 0. The van der Waals surface area contributed by atoms with Gasteiger partial charge in [0.05, 0.1) is 5.69 Å². The predicted molar refractivity (Wildman–Crippen MR) is 144 cm³/mol. The summed E-state index contributed by atoms with van der Waals surface area (Å²) in [4.78, 5) is 34.6. The second-order valence-corrected chi connectivity index (χ2v) is 9.37. The molecule has 2 amide bonds. The van der Waals surface area contributed by atoms with E-state index in [-0.39, 0.29) is 18.4 Å². The first-order valence-electron chi connectivity index (χ1n) is 12.9. The molecule has 7 heteroatoms. The second-order valence-electron chi connectivity index (χ2n) is 9.37. The maximum absolute atomic E-state index is 13.4. The smallest absolute Gasteiger partial charge is 0.253 e. The van der Waals surface area contributed by atoms with Crippen LogP contribution in [0.1, 0.15) is 54.9 Å². The van der Waals surface area contributed by atoms with Gasteiger partial charge in [-0.25, -0.2) is 4.99 Å². The molecule has 2 aliphatic heterocycles. The summed E-state index contributed by atoms with van der Waals surface area (Å²) < 4.78 is 0. The highest BCUT2D eigenvalue weighted by Gasteiger charge is 2.22. The number of amides is 2. The van der Waals surface area contributed by atoms with Crippen LogP contribution in [0.5, 0.6) is 0 Å². The molecule has 0 aliphatic carbocycles. The van der Waals surface area contributed by atoms with Gasteiger partial charge in [0.25, 0.3) is 5.91 Å². The van der Waals surface area contributed by atoms with Gasteiger partial charge in [-0.3, -0.25) is 9.59 Å². The van der Waals surface area contributed by atoms with Crippen LogP contribution in [0.4, 0.5) is 5.69 Å². The lowest BCUT2D eigenvalue weighted by atomic mass is 9.99. The van der Waals surface area contributed by atoms with E-state index < -0.39 is 0 Å². The first kappa shape index (κ1) is 25.6. The quantitative estimate of drug-likeness (QED) is 0.582. The Balaban J connectivity index is 1.60. The Hall–Kier alpha value is -3.45. The third-order valence-corrected chi connectivity index (χ3v) is 6.76. The summed E-state index contributed by atoms with van der Waals surface area (Å²) in [7, 11) is 1.82. The summed E-state index contributed by atoms with van der Waals surface area (Å²) in [6, 6.07) is 13.8. The molecule has 36 heavy (non-hydrogen) atoms. The van der Waals surface area contributed by atoms with Gasteiger partial charge in [0.2, 0.25) is 5.91 Å². The first-order valence-corrected chi connectivity index (χ1v) is 12.9. The Morgan fingerprint density at radius 1 is 1.06 bits per heavy atom. The average Bonchev–Trinajstić information content (AvgIpc) is 3.38. The average molecular weight is 489 g/mol. The summed E-state index contributed by atoms with van der Waals surface area (Å²) in [6.45, 7) is 4.99. The molecule has 2 heterocycles. The van der Waals surface area contributed by atoms with Crippen molar-refractivity contribution in [3.63, 3.8) is 0 Å². The fourth-order valence-corrected chi connectivity index (χ4v) is 4.79. The molecule has 2 aromatic rings. The molecule has 2 N–H and O–H groups in total. The molecule has 0 aromatic heterocycles. The van der Waals surface area contributed by atoms with Gasteiger partial charge in [-0.15, -0.1) is 0 Å². The van der Waals surface area contributed by atoms with Gasteiger partial charge >= 0.3 is 0 Å². The van der Waals surface area contributed by atoms with Crippen LogP contribution in [-0.2, 0) is 4.79 Å². The molecular formula is C29H36N4O3. The van der Waals surface area contributed by atoms with E-state index in [1.54, 1.807) is 0 Å². The van der Waals surface area contributed by atoms with Crippen LogP contribution in [0, 0.1) is 0 Å². The number of hydrogen-bond donors (Lipinski definition) is 2. The van der Waals surface area contributed by atoms with Crippen molar-refractivity contribution in [1.82, 2.24) is 15.1 Å². The topological polar surface area (TPSA) is 85.2 Å². The molecule has 0 radical (unpaired) electrons. The largest absolute Gasteiger partial charge is 0.396 e. The molecule has 2 aromatic carbocycles. The van der Waals surface area contributed by atoms with E-state index in [4.69, 9.17) is 4.99 Å². The number of benzene rings is 2. The van der Waals surface area contributed by atoms with Crippen LogP contribution in [-0.4, -0.2) is 72.4 Å². The lowest BCUT2D eigenvalue weighted by Crippen LogP contribution is -2.35. The number of aliphatic hydroxyl groups excluding tert-OH is 1. The number of likely N-dealkylation sites (tertiary alicyclic amines) is 1. The zero-order valence-corrected chi connectivity index (χ0v) is 21.3. The minimum absolute atomic E-state index is 0.0107. The maximum atomic E-state index is 13.4. The minimum atomic E-state index is -0.0107. The Morgan fingerprint density at radius 2 is 1.78 bits per heavy atom. The van der Waals surface area contributed by atoms with Gasteiger partial charge in [-0.1, -0.05) is 31.2 Å². The van der Waals surface area contributed by atoms with E-state index in [1.807, 2.05) is 72.3 Å². The van der Waals surface area contributed by atoms with Gasteiger partial charge in [0, 0.05) is 63.0 Å². The minimum Gasteiger partial charge on any atom is -0.396 e. The number of nitrogens with one attached hydrogen (secondary N) is 1. The number of fused-ring (bicyclic) bond motifs is 1. The molecule has 7 nitrogen and oxygen atoms in total. The van der Waals surface area contributed by atoms with E-state index in [0.717, 1.165) is 66.1 Å². The maximum Gasteiger partial charge on any atom is 0.253 e. The van der Waals surface area contributed by atoms with Crippen LogP contribution in [0.2, 0.25) is 0 Å². The van der Waals surface area contributed by atoms with Crippen molar-refractivity contribution in [2.24, 2.45) is 4.99 Å². The number of amidine groups is 1. The van der Waals surface area contributed by atoms with Crippen LogP contribution in [0.25, 0.3) is 17.2 Å². The van der Waals surface area contributed by atoms with Crippen molar-refractivity contribution in [2.75, 3.05) is 39.8 Å². The van der Waals surface area contributed by atoms with Crippen molar-refractivity contribution >= 4 is 29.4 Å². The third-order valence-electron chi connectivity index (χ3n) is 6.76. The number of carbonyl (C=O) groups excluding carboxylic acids is 2. The van der Waals surface area contributed by atoms with Gasteiger partial charge < -0.3 is 20.2 Å². The zero-order chi connectivity index (χ0) is 25.5. The lowest BCUT2D eigenvalue weighted by molar-refractivity contribution is -0.127. The molecule has 1 fully saturated rings. The molecule has 190 valence electrons. The summed E-state index contributed by atoms with van der Waals surface area (Å²) in [6.07, 6.45) is 5.94. The van der Waals surface area contributed by atoms with Crippen LogP contribution < -0.4 is 5.32 Å². The zero-order valence-electron chi connectivity index (χ0n) is 21.3. The van der Waals surface area contributed by atoms with Gasteiger partial charge in [0.1, 0.15) is 5.84 Å². The van der Waals surface area contributed by atoms with Crippen LogP contribution in [0.15, 0.2) is 53.0 Å². The Morgan fingerprint density at radius 3 is 2.44 bits per heavy atom. The van der Waals surface area contributed by atoms with Crippen molar-refractivity contribution in [3.05, 3.63) is 59.2 Å². The molecule has 0 unspecified atom stereocenters.